The Kier molecular flexibility index (Phi) is 4.21. The molecule has 0 spiro atoms. The van der Waals surface area contributed by atoms with Gasteiger partial charge in [-0.05, 0) is 17.9 Å². The number of sulfonamides is 1. The summed E-state index contributed by atoms with van der Waals surface area (Å²) in [5.74, 6) is 0.106. The molecule has 0 saturated heterocycles. The molecule has 102 valence electrons. The fourth-order valence-electron chi connectivity index (χ4n) is 1.41. The molecule has 0 aliphatic heterocycles. The van der Waals surface area contributed by atoms with Crippen LogP contribution in [0.2, 0.25) is 0 Å². The first-order valence-electron chi connectivity index (χ1n) is 5.79. The molecule has 0 unspecified atom stereocenters. The van der Waals surface area contributed by atoms with E-state index in [-0.39, 0.29) is 11.2 Å². The van der Waals surface area contributed by atoms with E-state index in [0.717, 1.165) is 0 Å². The van der Waals surface area contributed by atoms with Gasteiger partial charge in [-0.15, -0.1) is 0 Å². The van der Waals surface area contributed by atoms with E-state index >= 15 is 0 Å². The van der Waals surface area contributed by atoms with Crippen LogP contribution in [0.5, 0.6) is 0 Å². The fourth-order valence-corrected chi connectivity index (χ4v) is 3.02. The molecule has 0 aliphatic rings. The van der Waals surface area contributed by atoms with E-state index in [9.17, 15) is 8.42 Å². The molecule has 1 aromatic heterocycles. The Hall–Kier alpha value is -1.30. The SMILES string of the molecule is CN(c1ccncc1N)S(=O)(=O)CCC(C)(C)C. The van der Waals surface area contributed by atoms with Gasteiger partial charge in [0.2, 0.25) is 10.0 Å². The van der Waals surface area contributed by atoms with Crippen molar-refractivity contribution in [2.45, 2.75) is 27.2 Å². The fraction of sp³-hybridized carbons (Fsp3) is 0.583. The highest BCUT2D eigenvalue weighted by Crippen LogP contribution is 2.25. The molecule has 5 nitrogen and oxygen atoms in total. The van der Waals surface area contributed by atoms with Crippen molar-refractivity contribution >= 4 is 21.4 Å². The molecule has 0 aromatic carbocycles. The standard InChI is InChI=1S/C12H21N3O2S/c1-12(2,3)6-8-18(16,17)15(4)11-5-7-14-9-10(11)13/h5,7,9H,6,8,13H2,1-4H3. The number of pyridine rings is 1. The first-order valence-corrected chi connectivity index (χ1v) is 7.40. The van der Waals surface area contributed by atoms with Gasteiger partial charge in [0.25, 0.3) is 0 Å². The zero-order chi connectivity index (χ0) is 14.0. The Bertz CT molecular complexity index is 506. The Morgan fingerprint density at radius 1 is 1.39 bits per heavy atom. The third-order valence-electron chi connectivity index (χ3n) is 2.69. The summed E-state index contributed by atoms with van der Waals surface area (Å²) in [7, 11) is -1.83. The van der Waals surface area contributed by atoms with Crippen molar-refractivity contribution in [2.75, 3.05) is 22.8 Å². The lowest BCUT2D eigenvalue weighted by molar-refractivity contribution is 0.397. The molecule has 1 aromatic rings. The van der Waals surface area contributed by atoms with Gasteiger partial charge in [0.15, 0.2) is 0 Å². The van der Waals surface area contributed by atoms with Gasteiger partial charge >= 0.3 is 0 Å². The summed E-state index contributed by atoms with van der Waals surface area (Å²) in [5, 5.41) is 0. The number of rotatable bonds is 4. The van der Waals surface area contributed by atoms with Gasteiger partial charge in [-0.1, -0.05) is 20.8 Å². The molecule has 18 heavy (non-hydrogen) atoms. The van der Waals surface area contributed by atoms with Gasteiger partial charge in [-0.25, -0.2) is 8.42 Å². The summed E-state index contributed by atoms with van der Waals surface area (Å²) >= 11 is 0. The highest BCUT2D eigenvalue weighted by molar-refractivity contribution is 7.92. The monoisotopic (exact) mass is 271 g/mol. The minimum atomic E-state index is -3.34. The van der Waals surface area contributed by atoms with Crippen molar-refractivity contribution in [1.29, 1.82) is 0 Å². The van der Waals surface area contributed by atoms with Crippen LogP contribution < -0.4 is 10.0 Å². The van der Waals surface area contributed by atoms with Crippen LogP contribution in [0.4, 0.5) is 11.4 Å². The van der Waals surface area contributed by atoms with E-state index in [4.69, 9.17) is 5.73 Å². The average Bonchev–Trinajstić information content (AvgIpc) is 2.25. The minimum absolute atomic E-state index is 0.0162. The van der Waals surface area contributed by atoms with Crippen molar-refractivity contribution in [2.24, 2.45) is 5.41 Å². The lowest BCUT2D eigenvalue weighted by Gasteiger charge is -2.23. The third kappa shape index (κ3) is 3.87. The number of nitrogens with zero attached hydrogens (tertiary/aromatic N) is 2. The Morgan fingerprint density at radius 3 is 2.50 bits per heavy atom. The molecule has 0 bridgehead atoms. The predicted octanol–water partition coefficient (Wildman–Crippen LogP) is 1.87. The van der Waals surface area contributed by atoms with Crippen LogP contribution in [0.1, 0.15) is 27.2 Å². The second kappa shape index (κ2) is 5.14. The van der Waals surface area contributed by atoms with Crippen molar-refractivity contribution < 1.29 is 8.42 Å². The van der Waals surface area contributed by atoms with Crippen molar-refractivity contribution in [3.8, 4) is 0 Å². The Labute approximate surface area is 109 Å². The van der Waals surface area contributed by atoms with Crippen LogP contribution >= 0.6 is 0 Å². The van der Waals surface area contributed by atoms with E-state index in [1.54, 1.807) is 6.07 Å². The van der Waals surface area contributed by atoms with Gasteiger partial charge in [0.05, 0.1) is 23.3 Å². The average molecular weight is 271 g/mol. The summed E-state index contributed by atoms with van der Waals surface area (Å²) in [6, 6.07) is 1.60. The molecule has 0 atom stereocenters. The topological polar surface area (TPSA) is 76.3 Å². The van der Waals surface area contributed by atoms with Crippen LogP contribution in [0.15, 0.2) is 18.5 Å². The Balaban J connectivity index is 2.90. The lowest BCUT2D eigenvalue weighted by atomic mass is 9.94. The Morgan fingerprint density at radius 2 is 2.00 bits per heavy atom. The molecule has 0 amide bonds. The van der Waals surface area contributed by atoms with E-state index in [1.165, 1.54) is 23.7 Å². The summed E-state index contributed by atoms with van der Waals surface area (Å²) in [4.78, 5) is 3.85. The lowest BCUT2D eigenvalue weighted by Crippen LogP contribution is -2.31. The maximum Gasteiger partial charge on any atom is 0.234 e. The molecule has 0 aliphatic carbocycles. The van der Waals surface area contributed by atoms with Gasteiger partial charge in [0.1, 0.15) is 0 Å². The van der Waals surface area contributed by atoms with E-state index in [2.05, 4.69) is 4.98 Å². The number of nitrogens with two attached hydrogens (primary N) is 1. The normalized spacial score (nSPS) is 12.4. The number of aromatic nitrogens is 1. The molecule has 0 saturated carbocycles. The molecule has 0 radical (unpaired) electrons. The minimum Gasteiger partial charge on any atom is -0.396 e. The first kappa shape index (κ1) is 14.8. The van der Waals surface area contributed by atoms with Crippen LogP contribution in [0.3, 0.4) is 0 Å². The summed E-state index contributed by atoms with van der Waals surface area (Å²) in [6.45, 7) is 6.05. The van der Waals surface area contributed by atoms with E-state index in [1.807, 2.05) is 20.8 Å². The van der Waals surface area contributed by atoms with Crippen LogP contribution in [-0.2, 0) is 10.0 Å². The van der Waals surface area contributed by atoms with Gasteiger partial charge < -0.3 is 5.73 Å². The zero-order valence-corrected chi connectivity index (χ0v) is 12.2. The number of anilines is 2. The van der Waals surface area contributed by atoms with Gasteiger partial charge in [-0.2, -0.15) is 0 Å². The summed E-state index contributed by atoms with van der Waals surface area (Å²) in [6.07, 6.45) is 3.58. The molecule has 0 fully saturated rings. The quantitative estimate of drug-likeness (QED) is 0.907. The van der Waals surface area contributed by atoms with Gasteiger partial charge in [0, 0.05) is 13.2 Å². The van der Waals surface area contributed by atoms with Crippen LogP contribution in [0.25, 0.3) is 0 Å². The summed E-state index contributed by atoms with van der Waals surface area (Å²) < 4.78 is 25.6. The zero-order valence-electron chi connectivity index (χ0n) is 11.3. The second-order valence-electron chi connectivity index (χ2n) is 5.53. The number of hydrogen-bond donors (Lipinski definition) is 1. The number of nitrogen functional groups attached to an aromatic ring is 1. The van der Waals surface area contributed by atoms with E-state index < -0.39 is 10.0 Å². The smallest absolute Gasteiger partial charge is 0.234 e. The third-order valence-corrected chi connectivity index (χ3v) is 4.45. The maximum atomic E-state index is 12.2. The maximum absolute atomic E-state index is 12.2. The highest BCUT2D eigenvalue weighted by Gasteiger charge is 2.23. The molecular weight excluding hydrogens is 250 g/mol. The van der Waals surface area contributed by atoms with E-state index in [0.29, 0.717) is 17.8 Å². The summed E-state index contributed by atoms with van der Waals surface area (Å²) in [5.41, 5.74) is 6.55. The first-order chi connectivity index (χ1) is 8.13. The second-order valence-corrected chi connectivity index (χ2v) is 7.65. The van der Waals surface area contributed by atoms with Crippen molar-refractivity contribution in [3.63, 3.8) is 0 Å². The largest absolute Gasteiger partial charge is 0.396 e. The van der Waals surface area contributed by atoms with Crippen LogP contribution in [0, 0.1) is 5.41 Å². The molecule has 1 heterocycles. The van der Waals surface area contributed by atoms with Crippen LogP contribution in [-0.4, -0.2) is 26.2 Å². The number of hydrogen-bond acceptors (Lipinski definition) is 4. The molecule has 1 rings (SSSR count). The predicted molar refractivity (Wildman–Crippen MR) is 74.9 cm³/mol. The van der Waals surface area contributed by atoms with Crippen molar-refractivity contribution in [3.05, 3.63) is 18.5 Å². The molecule has 6 heteroatoms. The highest BCUT2D eigenvalue weighted by atomic mass is 32.2. The molecule has 2 N–H and O–H groups in total. The van der Waals surface area contributed by atoms with Gasteiger partial charge in [-0.3, -0.25) is 9.29 Å². The molecular formula is C12H21N3O2S. The van der Waals surface area contributed by atoms with Crippen molar-refractivity contribution in [1.82, 2.24) is 4.98 Å².